The Balaban J connectivity index is 1.94. The van der Waals surface area contributed by atoms with Gasteiger partial charge >= 0.3 is 5.97 Å². The van der Waals surface area contributed by atoms with Crippen molar-refractivity contribution in [1.82, 2.24) is 0 Å². The fourth-order valence-electron chi connectivity index (χ4n) is 4.33. The maximum absolute atomic E-state index is 12.8. The summed E-state index contributed by atoms with van der Waals surface area (Å²) in [5, 5.41) is 10.0. The second-order valence-electron chi connectivity index (χ2n) is 6.42. The number of fused-ring (bicyclic) bond motifs is 1. The number of carbonyl (C=O) groups excluding carboxylic acids is 1. The Morgan fingerprint density at radius 2 is 1.71 bits per heavy atom. The van der Waals surface area contributed by atoms with Gasteiger partial charge in [-0.1, -0.05) is 61.2 Å². The van der Waals surface area contributed by atoms with E-state index >= 15 is 0 Å². The Bertz CT molecular complexity index is 832. The lowest BCUT2D eigenvalue weighted by molar-refractivity contribution is -0.153. The summed E-state index contributed by atoms with van der Waals surface area (Å²) in [6, 6.07) is 18.6. The number of esters is 1. The molecule has 118 valence electrons. The minimum atomic E-state index is -1.17. The SMILES string of the molecule is C=CCOC(=O)C1(C#N)CC2c3ccccc3C1c1ccccc12. The molecule has 3 aliphatic carbocycles. The van der Waals surface area contributed by atoms with Crippen molar-refractivity contribution in [2.45, 2.75) is 18.3 Å². The first kappa shape index (κ1) is 14.7. The highest BCUT2D eigenvalue weighted by Crippen LogP contribution is 2.61. The third-order valence-electron chi connectivity index (χ3n) is 5.28. The lowest BCUT2D eigenvalue weighted by Gasteiger charge is -2.48. The van der Waals surface area contributed by atoms with Crippen LogP contribution in [0.4, 0.5) is 0 Å². The molecule has 0 spiro atoms. The number of nitrogens with zero attached hydrogens (tertiary/aromatic N) is 1. The van der Waals surface area contributed by atoms with Gasteiger partial charge in [0, 0.05) is 11.8 Å². The number of hydrogen-bond donors (Lipinski definition) is 0. The average molecular weight is 315 g/mol. The molecule has 2 aromatic rings. The Morgan fingerprint density at radius 3 is 2.21 bits per heavy atom. The molecule has 3 heteroatoms. The van der Waals surface area contributed by atoms with Gasteiger partial charge in [0.2, 0.25) is 0 Å². The summed E-state index contributed by atoms with van der Waals surface area (Å²) in [7, 11) is 0. The molecule has 5 rings (SSSR count). The van der Waals surface area contributed by atoms with Gasteiger partial charge in [-0.05, 0) is 28.7 Å². The number of ether oxygens (including phenoxy) is 1. The minimum Gasteiger partial charge on any atom is -0.460 e. The zero-order chi connectivity index (χ0) is 16.7. The highest BCUT2D eigenvalue weighted by atomic mass is 16.5. The molecule has 0 radical (unpaired) electrons. The van der Waals surface area contributed by atoms with Crippen LogP contribution in [0.5, 0.6) is 0 Å². The van der Waals surface area contributed by atoms with Crippen molar-refractivity contribution in [2.24, 2.45) is 5.41 Å². The van der Waals surface area contributed by atoms with Crippen molar-refractivity contribution in [3.63, 3.8) is 0 Å². The van der Waals surface area contributed by atoms with E-state index in [-0.39, 0.29) is 18.4 Å². The molecular formula is C21H17NO2. The number of carbonyl (C=O) groups is 1. The van der Waals surface area contributed by atoms with Crippen molar-refractivity contribution in [2.75, 3.05) is 6.61 Å². The predicted molar refractivity (Wildman–Crippen MR) is 90.4 cm³/mol. The number of rotatable bonds is 3. The first-order valence-electron chi connectivity index (χ1n) is 8.10. The Kier molecular flexibility index (Phi) is 3.28. The van der Waals surface area contributed by atoms with E-state index in [0.717, 1.165) is 11.1 Å². The zero-order valence-electron chi connectivity index (χ0n) is 13.2. The van der Waals surface area contributed by atoms with Crippen LogP contribution in [-0.2, 0) is 9.53 Å². The maximum atomic E-state index is 12.8. The van der Waals surface area contributed by atoms with E-state index in [9.17, 15) is 10.1 Å². The molecule has 2 aromatic carbocycles. The van der Waals surface area contributed by atoms with Crippen molar-refractivity contribution < 1.29 is 9.53 Å². The standard InChI is InChI=1S/C21H17NO2/c1-2-11-24-20(23)21(13-22)12-18-14-7-3-5-9-16(14)19(21)17-10-6-4-8-15(17)18/h2-10,18-19H,1,11-12H2. The van der Waals surface area contributed by atoms with E-state index in [1.165, 1.54) is 17.2 Å². The molecule has 1 unspecified atom stereocenters. The molecule has 0 heterocycles. The van der Waals surface area contributed by atoms with Crippen LogP contribution in [0.3, 0.4) is 0 Å². The fourth-order valence-corrected chi connectivity index (χ4v) is 4.33. The third kappa shape index (κ3) is 1.80. The van der Waals surface area contributed by atoms with Gasteiger partial charge in [-0.3, -0.25) is 4.79 Å². The molecule has 0 saturated heterocycles. The normalized spacial score (nSPS) is 26.0. The molecule has 0 aliphatic heterocycles. The van der Waals surface area contributed by atoms with Crippen LogP contribution in [0.2, 0.25) is 0 Å². The fraction of sp³-hybridized carbons (Fsp3) is 0.238. The summed E-state index contributed by atoms with van der Waals surface area (Å²) in [6.07, 6.45) is 2.00. The van der Waals surface area contributed by atoms with E-state index in [2.05, 4.69) is 24.8 Å². The summed E-state index contributed by atoms with van der Waals surface area (Å²) in [4.78, 5) is 12.8. The minimum absolute atomic E-state index is 0.0540. The summed E-state index contributed by atoms with van der Waals surface area (Å²) < 4.78 is 5.33. The molecule has 2 bridgehead atoms. The zero-order valence-corrected chi connectivity index (χ0v) is 13.2. The highest BCUT2D eigenvalue weighted by molar-refractivity contribution is 5.85. The van der Waals surface area contributed by atoms with Crippen molar-refractivity contribution in [3.05, 3.63) is 83.4 Å². The van der Waals surface area contributed by atoms with Crippen LogP contribution in [0.1, 0.15) is 40.5 Å². The van der Waals surface area contributed by atoms with Gasteiger partial charge in [-0.15, -0.1) is 0 Å². The predicted octanol–water partition coefficient (Wildman–Crippen LogP) is 3.91. The van der Waals surface area contributed by atoms with Crippen LogP contribution in [0, 0.1) is 16.7 Å². The van der Waals surface area contributed by atoms with E-state index in [1.807, 2.05) is 36.4 Å². The molecule has 0 saturated carbocycles. The lowest BCUT2D eigenvalue weighted by atomic mass is 9.52. The second-order valence-corrected chi connectivity index (χ2v) is 6.42. The van der Waals surface area contributed by atoms with E-state index in [4.69, 9.17) is 4.74 Å². The Morgan fingerprint density at radius 1 is 1.17 bits per heavy atom. The maximum Gasteiger partial charge on any atom is 0.327 e. The quantitative estimate of drug-likeness (QED) is 0.637. The summed E-state index contributed by atoms with van der Waals surface area (Å²) >= 11 is 0. The van der Waals surface area contributed by atoms with Gasteiger partial charge in [0.05, 0.1) is 6.07 Å². The first-order chi connectivity index (χ1) is 11.7. The van der Waals surface area contributed by atoms with Crippen molar-refractivity contribution in [3.8, 4) is 6.07 Å². The van der Waals surface area contributed by atoms with Gasteiger partial charge in [0.15, 0.2) is 5.41 Å². The molecule has 3 nitrogen and oxygen atoms in total. The van der Waals surface area contributed by atoms with Crippen molar-refractivity contribution >= 4 is 5.97 Å². The van der Waals surface area contributed by atoms with E-state index in [1.54, 1.807) is 0 Å². The third-order valence-corrected chi connectivity index (χ3v) is 5.28. The molecule has 0 N–H and O–H groups in total. The molecule has 24 heavy (non-hydrogen) atoms. The van der Waals surface area contributed by atoms with Gasteiger partial charge in [-0.25, -0.2) is 0 Å². The smallest absolute Gasteiger partial charge is 0.327 e. The lowest BCUT2D eigenvalue weighted by Crippen LogP contribution is -2.46. The monoisotopic (exact) mass is 315 g/mol. The Hall–Kier alpha value is -2.86. The van der Waals surface area contributed by atoms with Crippen LogP contribution in [-0.4, -0.2) is 12.6 Å². The summed E-state index contributed by atoms with van der Waals surface area (Å²) in [6.45, 7) is 3.71. The van der Waals surface area contributed by atoms with E-state index in [0.29, 0.717) is 6.42 Å². The van der Waals surface area contributed by atoms with Crippen LogP contribution < -0.4 is 0 Å². The number of hydrogen-bond acceptors (Lipinski definition) is 3. The number of benzene rings is 2. The van der Waals surface area contributed by atoms with Gasteiger partial charge in [0.1, 0.15) is 6.61 Å². The van der Waals surface area contributed by atoms with Gasteiger partial charge in [0.25, 0.3) is 0 Å². The largest absolute Gasteiger partial charge is 0.460 e. The molecular weight excluding hydrogens is 298 g/mol. The molecule has 0 aromatic heterocycles. The molecule has 3 aliphatic rings. The summed E-state index contributed by atoms with van der Waals surface area (Å²) in [5.41, 5.74) is 3.43. The first-order valence-corrected chi connectivity index (χ1v) is 8.10. The van der Waals surface area contributed by atoms with Crippen LogP contribution >= 0.6 is 0 Å². The van der Waals surface area contributed by atoms with Crippen molar-refractivity contribution in [1.29, 1.82) is 5.26 Å². The average Bonchev–Trinajstić information content (AvgIpc) is 2.65. The summed E-state index contributed by atoms with van der Waals surface area (Å²) in [5.74, 6) is -0.667. The second kappa shape index (κ2) is 5.35. The van der Waals surface area contributed by atoms with Gasteiger partial charge < -0.3 is 4.74 Å². The molecule has 1 atom stereocenters. The number of nitriles is 1. The van der Waals surface area contributed by atoms with Crippen LogP contribution in [0.25, 0.3) is 0 Å². The van der Waals surface area contributed by atoms with E-state index < -0.39 is 11.4 Å². The molecule has 0 amide bonds. The highest BCUT2D eigenvalue weighted by Gasteiger charge is 2.58. The topological polar surface area (TPSA) is 50.1 Å². The van der Waals surface area contributed by atoms with Gasteiger partial charge in [-0.2, -0.15) is 5.26 Å². The molecule has 0 fully saturated rings. The Labute approximate surface area is 141 Å². The van der Waals surface area contributed by atoms with Crippen LogP contribution in [0.15, 0.2) is 61.2 Å².